The summed E-state index contributed by atoms with van der Waals surface area (Å²) in [6.07, 6.45) is 1.78. The third-order valence-corrected chi connectivity index (χ3v) is 9.01. The number of hydrogen-bond donors (Lipinski definition) is 2. The molecular formula is C37H40ClN9O9. The normalized spacial score (nSPS) is 12.0. The molecule has 0 saturated heterocycles. The number of carbonyl (C=O) groups is 2. The van der Waals surface area contributed by atoms with Crippen LogP contribution in [-0.4, -0.2) is 77.6 Å². The molecule has 3 aromatic carbocycles. The quantitative estimate of drug-likeness (QED) is 0.0376. The molecule has 2 heterocycles. The minimum Gasteiger partial charge on any atom is -0.464 e. The van der Waals surface area contributed by atoms with Gasteiger partial charge in [-0.05, 0) is 58.4 Å². The van der Waals surface area contributed by atoms with E-state index in [0.29, 0.717) is 18.1 Å². The average Bonchev–Trinajstić information content (AvgIpc) is 3.84. The number of hydrogen-bond acceptors (Lipinski definition) is 13. The van der Waals surface area contributed by atoms with E-state index in [0.717, 1.165) is 40.7 Å². The van der Waals surface area contributed by atoms with Crippen molar-refractivity contribution in [3.05, 3.63) is 127 Å². The van der Waals surface area contributed by atoms with E-state index in [1.54, 1.807) is 4.57 Å². The van der Waals surface area contributed by atoms with Gasteiger partial charge in [0, 0.05) is 24.9 Å². The summed E-state index contributed by atoms with van der Waals surface area (Å²) in [5.74, 6) is -0.151. The molecule has 1 unspecified atom stereocenters. The first kappa shape index (κ1) is 40.7. The lowest BCUT2D eigenvalue weighted by Gasteiger charge is -2.19. The van der Waals surface area contributed by atoms with E-state index in [2.05, 4.69) is 47.5 Å². The number of benzene rings is 3. The van der Waals surface area contributed by atoms with Crippen molar-refractivity contribution in [1.82, 2.24) is 35.5 Å². The summed E-state index contributed by atoms with van der Waals surface area (Å²) in [6.45, 7) is 1.62. The van der Waals surface area contributed by atoms with E-state index in [4.69, 9.17) is 16.3 Å². The summed E-state index contributed by atoms with van der Waals surface area (Å²) < 4.78 is 7.30. The predicted molar refractivity (Wildman–Crippen MR) is 201 cm³/mol. The van der Waals surface area contributed by atoms with Crippen LogP contribution in [-0.2, 0) is 38.6 Å². The zero-order valence-electron chi connectivity index (χ0n) is 30.4. The van der Waals surface area contributed by atoms with Crippen LogP contribution in [0.15, 0.2) is 78.9 Å². The van der Waals surface area contributed by atoms with Crippen LogP contribution in [0, 0.1) is 20.2 Å². The van der Waals surface area contributed by atoms with Gasteiger partial charge in [-0.2, -0.15) is 0 Å². The maximum absolute atomic E-state index is 14.1. The molecule has 5 rings (SSSR count). The van der Waals surface area contributed by atoms with Gasteiger partial charge in [0.15, 0.2) is 11.0 Å². The number of rotatable bonds is 22. The van der Waals surface area contributed by atoms with Gasteiger partial charge in [0.25, 0.3) is 16.1 Å². The number of aryl methyl sites for hydroxylation is 1. The van der Waals surface area contributed by atoms with Crippen LogP contribution in [0.4, 0.5) is 0 Å². The molecule has 0 aliphatic heterocycles. The Balaban J connectivity index is 1.31. The Hall–Kier alpha value is -6.43. The van der Waals surface area contributed by atoms with Crippen LogP contribution in [0.2, 0.25) is 5.15 Å². The second kappa shape index (κ2) is 20.3. The van der Waals surface area contributed by atoms with Crippen molar-refractivity contribution in [2.45, 2.75) is 70.6 Å². The summed E-state index contributed by atoms with van der Waals surface area (Å²) in [5.41, 5.74) is 4.45. The minimum atomic E-state index is -1.18. The van der Waals surface area contributed by atoms with E-state index in [-0.39, 0.29) is 49.7 Å². The van der Waals surface area contributed by atoms with Gasteiger partial charge in [-0.15, -0.1) is 25.3 Å². The lowest BCUT2D eigenvalue weighted by Crippen LogP contribution is -2.44. The zero-order valence-corrected chi connectivity index (χ0v) is 31.2. The number of unbranched alkanes of at least 4 members (excludes halogenated alkanes) is 2. The highest BCUT2D eigenvalue weighted by Crippen LogP contribution is 2.30. The molecule has 18 nitrogen and oxygen atoms in total. The summed E-state index contributed by atoms with van der Waals surface area (Å²) in [5, 5.41) is 36.3. The van der Waals surface area contributed by atoms with Gasteiger partial charge in [-0.1, -0.05) is 104 Å². The second-order valence-corrected chi connectivity index (χ2v) is 13.1. The molecule has 2 atom stereocenters. The Morgan fingerprint density at radius 3 is 2.34 bits per heavy atom. The zero-order chi connectivity index (χ0) is 39.9. The smallest absolute Gasteiger partial charge is 0.328 e. The predicted octanol–water partition coefficient (Wildman–Crippen LogP) is 5.61. The van der Waals surface area contributed by atoms with Gasteiger partial charge in [0.2, 0.25) is 0 Å². The van der Waals surface area contributed by atoms with Crippen LogP contribution in [0.3, 0.4) is 0 Å². The van der Waals surface area contributed by atoms with Crippen molar-refractivity contribution in [3.63, 3.8) is 0 Å². The third-order valence-electron chi connectivity index (χ3n) is 8.74. The molecule has 0 aliphatic rings. The molecule has 0 saturated carbocycles. The summed E-state index contributed by atoms with van der Waals surface area (Å²) in [6, 6.07) is 23.6. The fourth-order valence-corrected chi connectivity index (χ4v) is 6.30. The molecule has 0 fully saturated rings. The molecule has 0 bridgehead atoms. The standard InChI is InChI=1S/C37H40ClN9O9/c1-2-3-16-32-40-34(38)33(45(32)23-26-17-19-27(20-18-26)29-14-7-8-15-30(29)35-41-43-44-42-35)36(48)39-31(22-25-11-5-4-6-12-25)37(49)54-21-10-9-13-28(56-47(52)53)24-55-46(50)51/h4-8,11-12,14-15,17-20,28,31H,2-3,9-10,13,16,21-24H2,1H3,(H,39,48)(H,41,42,43,44)/t28?,31-/m0/s1. The Morgan fingerprint density at radius 1 is 0.929 bits per heavy atom. The van der Waals surface area contributed by atoms with Crippen molar-refractivity contribution >= 4 is 23.5 Å². The fraction of sp³-hybridized carbons (Fsp3) is 0.351. The van der Waals surface area contributed by atoms with Crippen molar-refractivity contribution < 1.29 is 34.2 Å². The van der Waals surface area contributed by atoms with Crippen molar-refractivity contribution in [1.29, 1.82) is 0 Å². The number of halogens is 1. The highest BCUT2D eigenvalue weighted by molar-refractivity contribution is 6.32. The first-order valence-corrected chi connectivity index (χ1v) is 18.3. The van der Waals surface area contributed by atoms with Gasteiger partial charge in [0.1, 0.15) is 30.3 Å². The molecule has 0 spiro atoms. The topological polar surface area (TPSA) is 232 Å². The highest BCUT2D eigenvalue weighted by Gasteiger charge is 2.28. The summed E-state index contributed by atoms with van der Waals surface area (Å²) in [7, 11) is 0. The Bertz CT molecular complexity index is 2060. The molecule has 2 aromatic heterocycles. The molecule has 19 heteroatoms. The summed E-state index contributed by atoms with van der Waals surface area (Å²) in [4.78, 5) is 62.1. The number of esters is 1. The molecule has 5 aromatic rings. The first-order chi connectivity index (χ1) is 27.1. The lowest BCUT2D eigenvalue weighted by atomic mass is 9.98. The number of imidazole rings is 1. The maximum atomic E-state index is 14.1. The number of aromatic amines is 1. The van der Waals surface area contributed by atoms with Gasteiger partial charge >= 0.3 is 5.97 Å². The Kier molecular flexibility index (Phi) is 14.8. The molecular weight excluding hydrogens is 750 g/mol. The molecule has 2 N–H and O–H groups in total. The van der Waals surface area contributed by atoms with E-state index in [1.165, 1.54) is 0 Å². The van der Waals surface area contributed by atoms with Gasteiger partial charge < -0.3 is 24.3 Å². The van der Waals surface area contributed by atoms with Crippen molar-refractivity contribution in [3.8, 4) is 22.5 Å². The minimum absolute atomic E-state index is 0.000739. The first-order valence-electron chi connectivity index (χ1n) is 17.9. The van der Waals surface area contributed by atoms with Gasteiger partial charge in [-0.25, -0.2) is 14.9 Å². The Morgan fingerprint density at radius 2 is 1.66 bits per heavy atom. The van der Waals surface area contributed by atoms with Crippen LogP contribution in [0.1, 0.15) is 66.5 Å². The number of aromatic nitrogens is 6. The van der Waals surface area contributed by atoms with E-state index >= 15 is 0 Å². The SMILES string of the molecule is CCCCc1nc(Cl)c(C(=O)N[C@@H](Cc2ccccc2)C(=O)OCCCCC(CO[N+](=O)[O-])O[N+](=O)[O-])n1Cc1ccc(-c2ccccc2-c2nnn[nH]2)cc1. The fourth-order valence-electron chi connectivity index (χ4n) is 6.02. The van der Waals surface area contributed by atoms with Crippen LogP contribution in [0.25, 0.3) is 22.5 Å². The molecule has 1 amide bonds. The Labute approximate surface area is 325 Å². The highest BCUT2D eigenvalue weighted by atomic mass is 35.5. The van der Waals surface area contributed by atoms with Gasteiger partial charge in [-0.3, -0.25) is 4.79 Å². The molecule has 0 radical (unpaired) electrons. The summed E-state index contributed by atoms with van der Waals surface area (Å²) >= 11 is 6.67. The van der Waals surface area contributed by atoms with Crippen LogP contribution >= 0.6 is 11.6 Å². The van der Waals surface area contributed by atoms with E-state index < -0.39 is 40.8 Å². The van der Waals surface area contributed by atoms with Crippen LogP contribution in [0.5, 0.6) is 0 Å². The molecule has 56 heavy (non-hydrogen) atoms. The largest absolute Gasteiger partial charge is 0.464 e. The molecule has 0 aliphatic carbocycles. The van der Waals surface area contributed by atoms with Crippen molar-refractivity contribution in [2.75, 3.05) is 13.2 Å². The third kappa shape index (κ3) is 11.5. The van der Waals surface area contributed by atoms with E-state index in [1.807, 2.05) is 78.9 Å². The second-order valence-electron chi connectivity index (χ2n) is 12.7. The number of ether oxygens (including phenoxy) is 1. The van der Waals surface area contributed by atoms with Gasteiger partial charge in [0.05, 0.1) is 6.61 Å². The number of amides is 1. The van der Waals surface area contributed by atoms with E-state index in [9.17, 15) is 29.8 Å². The maximum Gasteiger partial charge on any atom is 0.328 e. The average molecular weight is 790 g/mol. The number of nitrogens with zero attached hydrogens (tertiary/aromatic N) is 7. The van der Waals surface area contributed by atoms with Crippen LogP contribution < -0.4 is 5.32 Å². The number of tetrazole rings is 1. The lowest BCUT2D eigenvalue weighted by molar-refractivity contribution is -0.790. The monoisotopic (exact) mass is 789 g/mol. The number of H-pyrrole nitrogens is 1. The number of carbonyl (C=O) groups excluding carboxylic acids is 2. The number of nitrogens with one attached hydrogen (secondary N) is 2. The van der Waals surface area contributed by atoms with Crippen molar-refractivity contribution in [2.24, 2.45) is 0 Å². The molecule has 294 valence electrons.